The first-order valence-corrected chi connectivity index (χ1v) is 15.7. The van der Waals surface area contributed by atoms with Crippen LogP contribution in [0.15, 0.2) is 82.7 Å². The molecule has 0 radical (unpaired) electrons. The van der Waals surface area contributed by atoms with Crippen LogP contribution in [0.5, 0.6) is 17.2 Å². The van der Waals surface area contributed by atoms with Crippen molar-refractivity contribution in [2.45, 2.75) is 47.1 Å². The van der Waals surface area contributed by atoms with E-state index in [-0.39, 0.29) is 47.6 Å². The number of hydrogen-bond donors (Lipinski definition) is 0. The van der Waals surface area contributed by atoms with Gasteiger partial charge in [0, 0.05) is 29.3 Å². The minimum atomic E-state index is -0.600. The summed E-state index contributed by atoms with van der Waals surface area (Å²) in [6.45, 7) is 10.2. The van der Waals surface area contributed by atoms with Gasteiger partial charge >= 0.3 is 5.69 Å². The first kappa shape index (κ1) is 34.2. The van der Waals surface area contributed by atoms with E-state index in [4.69, 9.17) is 19.2 Å². The van der Waals surface area contributed by atoms with Crippen LogP contribution in [-0.2, 0) is 6.61 Å². The molecule has 252 valence electrons. The van der Waals surface area contributed by atoms with E-state index in [2.05, 4.69) is 18.9 Å². The number of ether oxygens (including phenoxy) is 3. The molecular weight excluding hydrogens is 630 g/mol. The Morgan fingerprint density at radius 2 is 1.59 bits per heavy atom. The van der Waals surface area contributed by atoms with Gasteiger partial charge in [-0.3, -0.25) is 25.0 Å². The minimum absolute atomic E-state index is 0.0877. The lowest BCUT2D eigenvalue weighted by Crippen LogP contribution is -2.21. The zero-order valence-corrected chi connectivity index (χ0v) is 27.7. The van der Waals surface area contributed by atoms with Gasteiger partial charge < -0.3 is 14.2 Å². The van der Waals surface area contributed by atoms with Crippen LogP contribution in [0.25, 0.3) is 22.3 Å². The third-order valence-electron chi connectivity index (χ3n) is 7.68. The van der Waals surface area contributed by atoms with Crippen LogP contribution in [0.2, 0.25) is 0 Å². The molecule has 0 fully saturated rings. The number of rotatable bonds is 13. The Morgan fingerprint density at radius 1 is 0.898 bits per heavy atom. The lowest BCUT2D eigenvalue weighted by Gasteiger charge is -2.18. The number of hydrogen-bond acceptors (Lipinski definition) is 10. The number of aryl methyl sites for hydroxylation is 1. The summed E-state index contributed by atoms with van der Waals surface area (Å²) in [5.41, 5.74) is 2.89. The van der Waals surface area contributed by atoms with E-state index < -0.39 is 15.4 Å². The zero-order chi connectivity index (χ0) is 35.2. The smallest absolute Gasteiger partial charge is 0.315 e. The zero-order valence-electron chi connectivity index (χ0n) is 27.7. The number of nitro benzene ring substituents is 2. The molecule has 13 heteroatoms. The largest absolute Gasteiger partial charge is 0.494 e. The third kappa shape index (κ3) is 7.40. The Kier molecular flexibility index (Phi) is 10.3. The van der Waals surface area contributed by atoms with E-state index in [1.54, 1.807) is 31.2 Å². The maximum Gasteiger partial charge on any atom is 0.315 e. The molecule has 0 bridgehead atoms. The van der Waals surface area contributed by atoms with Gasteiger partial charge in [0.15, 0.2) is 11.6 Å². The summed E-state index contributed by atoms with van der Waals surface area (Å²) in [4.78, 5) is 40.9. The van der Waals surface area contributed by atoms with Crippen LogP contribution in [0.1, 0.15) is 55.9 Å². The van der Waals surface area contributed by atoms with Gasteiger partial charge in [0.25, 0.3) is 11.2 Å². The fourth-order valence-corrected chi connectivity index (χ4v) is 5.30. The second-order valence-electron chi connectivity index (χ2n) is 11.4. The second kappa shape index (κ2) is 14.8. The van der Waals surface area contributed by atoms with E-state index in [0.29, 0.717) is 34.5 Å². The SMILES string of the molecule is CCOc1cc(C)c(-c2nc3ccccc3c(=O)n2N=Cc2cc(OCC)c(OCc3ccc([N+](=O)[O-])cc3)c([N+](=O)[O-])c2)cc1C(C)C. The first-order chi connectivity index (χ1) is 23.5. The van der Waals surface area contributed by atoms with Crippen molar-refractivity contribution in [3.63, 3.8) is 0 Å². The Morgan fingerprint density at radius 3 is 2.24 bits per heavy atom. The molecule has 5 aromatic rings. The molecule has 4 aromatic carbocycles. The molecule has 0 spiro atoms. The predicted octanol–water partition coefficient (Wildman–Crippen LogP) is 7.57. The summed E-state index contributed by atoms with van der Waals surface area (Å²) in [6.07, 6.45) is 1.34. The third-order valence-corrected chi connectivity index (χ3v) is 7.68. The van der Waals surface area contributed by atoms with Crippen molar-refractivity contribution in [1.82, 2.24) is 9.66 Å². The Hall–Kier alpha value is -6.11. The number of para-hydroxylation sites is 1. The van der Waals surface area contributed by atoms with Crippen molar-refractivity contribution in [3.8, 4) is 28.6 Å². The predicted molar refractivity (Wildman–Crippen MR) is 186 cm³/mol. The highest BCUT2D eigenvalue weighted by molar-refractivity contribution is 5.84. The number of nitrogens with zero attached hydrogens (tertiary/aromatic N) is 5. The maximum absolute atomic E-state index is 13.9. The first-order valence-electron chi connectivity index (χ1n) is 15.7. The molecule has 0 N–H and O–H groups in total. The topological polar surface area (TPSA) is 161 Å². The number of nitro groups is 2. The fraction of sp³-hybridized carbons (Fsp3) is 0.250. The lowest BCUT2D eigenvalue weighted by molar-refractivity contribution is -0.386. The van der Waals surface area contributed by atoms with Gasteiger partial charge in [-0.1, -0.05) is 26.0 Å². The lowest BCUT2D eigenvalue weighted by atomic mass is 9.96. The summed E-state index contributed by atoms with van der Waals surface area (Å²) >= 11 is 0. The monoisotopic (exact) mass is 665 g/mol. The summed E-state index contributed by atoms with van der Waals surface area (Å²) < 4.78 is 18.7. The molecule has 0 unspecified atom stereocenters. The summed E-state index contributed by atoms with van der Waals surface area (Å²) in [5, 5.41) is 28.1. The van der Waals surface area contributed by atoms with Crippen molar-refractivity contribution in [1.29, 1.82) is 0 Å². The molecule has 0 atom stereocenters. The van der Waals surface area contributed by atoms with Crippen molar-refractivity contribution in [2.24, 2.45) is 5.10 Å². The molecule has 0 aliphatic heterocycles. The average molecular weight is 666 g/mol. The van der Waals surface area contributed by atoms with E-state index in [1.807, 2.05) is 26.0 Å². The van der Waals surface area contributed by atoms with Crippen molar-refractivity contribution < 1.29 is 24.1 Å². The second-order valence-corrected chi connectivity index (χ2v) is 11.4. The van der Waals surface area contributed by atoms with E-state index >= 15 is 0 Å². The standard InChI is InChI=1S/C36H35N5O8/c1-6-47-32-16-23(5)29(19-28(32)22(3)4)35-38-30-11-9-8-10-27(30)36(42)39(35)37-20-25-17-31(41(45)46)34(33(18-25)48-7-2)49-21-24-12-14-26(15-13-24)40(43)44/h8-20,22H,6-7,21H2,1-5H3. The highest BCUT2D eigenvalue weighted by Crippen LogP contribution is 2.39. The normalized spacial score (nSPS) is 11.3. The van der Waals surface area contributed by atoms with Crippen LogP contribution in [-0.4, -0.2) is 38.9 Å². The molecule has 0 saturated heterocycles. The van der Waals surface area contributed by atoms with Gasteiger partial charge in [-0.05, 0) is 85.8 Å². The van der Waals surface area contributed by atoms with Crippen LogP contribution >= 0.6 is 0 Å². The molecule has 1 aromatic heterocycles. The fourth-order valence-electron chi connectivity index (χ4n) is 5.30. The summed E-state index contributed by atoms with van der Waals surface area (Å²) in [7, 11) is 0. The number of benzene rings is 4. The Bertz CT molecular complexity index is 2120. The highest BCUT2D eigenvalue weighted by Gasteiger charge is 2.24. The van der Waals surface area contributed by atoms with Gasteiger partial charge in [0.05, 0.1) is 40.2 Å². The molecule has 0 amide bonds. The van der Waals surface area contributed by atoms with Crippen LogP contribution < -0.4 is 19.8 Å². The molecule has 0 aliphatic carbocycles. The quantitative estimate of drug-likeness (QED) is 0.0701. The van der Waals surface area contributed by atoms with Gasteiger partial charge in [-0.25, -0.2) is 4.98 Å². The van der Waals surface area contributed by atoms with Gasteiger partial charge in [0.1, 0.15) is 12.4 Å². The molecule has 0 aliphatic rings. The van der Waals surface area contributed by atoms with Crippen molar-refractivity contribution in [3.05, 3.63) is 126 Å². The van der Waals surface area contributed by atoms with Crippen LogP contribution in [0.4, 0.5) is 11.4 Å². The Labute approximate surface area is 281 Å². The van der Waals surface area contributed by atoms with Gasteiger partial charge in [0.2, 0.25) is 5.75 Å². The van der Waals surface area contributed by atoms with Gasteiger partial charge in [-0.15, -0.1) is 0 Å². The number of fused-ring (bicyclic) bond motifs is 1. The summed E-state index contributed by atoms with van der Waals surface area (Å²) in [6, 6.07) is 19.3. The molecule has 5 rings (SSSR count). The average Bonchev–Trinajstić information content (AvgIpc) is 3.07. The van der Waals surface area contributed by atoms with E-state index in [0.717, 1.165) is 16.9 Å². The maximum atomic E-state index is 13.9. The molecule has 13 nitrogen and oxygen atoms in total. The highest BCUT2D eigenvalue weighted by atomic mass is 16.6. The van der Waals surface area contributed by atoms with Crippen molar-refractivity contribution >= 4 is 28.5 Å². The van der Waals surface area contributed by atoms with Crippen LogP contribution in [0, 0.1) is 27.2 Å². The Balaban J connectivity index is 1.61. The molecule has 1 heterocycles. The molecule has 49 heavy (non-hydrogen) atoms. The van der Waals surface area contributed by atoms with E-state index in [9.17, 15) is 25.0 Å². The van der Waals surface area contributed by atoms with E-state index in [1.165, 1.54) is 47.3 Å². The van der Waals surface area contributed by atoms with Crippen molar-refractivity contribution in [2.75, 3.05) is 13.2 Å². The number of aromatic nitrogens is 2. The van der Waals surface area contributed by atoms with Crippen LogP contribution in [0.3, 0.4) is 0 Å². The molecule has 0 saturated carbocycles. The molecular formula is C36H35N5O8. The minimum Gasteiger partial charge on any atom is -0.494 e. The number of non-ortho nitro benzene ring substituents is 1. The summed E-state index contributed by atoms with van der Waals surface area (Å²) in [5.74, 6) is 1.14. The van der Waals surface area contributed by atoms with Gasteiger partial charge in [-0.2, -0.15) is 9.78 Å².